The Morgan fingerprint density at radius 2 is 2.07 bits per heavy atom. The molecule has 0 aliphatic carbocycles. The molecule has 0 aliphatic rings. The Kier molecular flexibility index (Phi) is 5.86. The molecule has 1 atom stereocenters. The average molecular weight is 403 g/mol. The Hall–Kier alpha value is -2.32. The molecule has 3 N–H and O–H groups in total. The number of thioether (sulfide) groups is 1. The Morgan fingerprint density at radius 1 is 1.33 bits per heavy atom. The number of carbonyl (C=O) groups is 1. The lowest BCUT2D eigenvalue weighted by atomic mass is 10.2. The molecule has 0 saturated carbocycles. The number of ether oxygens (including phenoxy) is 1. The molecule has 0 radical (unpaired) electrons. The number of rotatable bonds is 6. The number of benzene rings is 1. The van der Waals surface area contributed by atoms with Gasteiger partial charge in [-0.25, -0.2) is 9.97 Å². The van der Waals surface area contributed by atoms with Gasteiger partial charge in [0.15, 0.2) is 5.16 Å². The first-order valence-corrected chi connectivity index (χ1v) is 10.2. The van der Waals surface area contributed by atoms with Crippen molar-refractivity contribution in [1.82, 2.24) is 15.3 Å². The number of carbonyl (C=O) groups excluding carboxylic acids is 1. The molecular formula is C19H22N4O2S2. The van der Waals surface area contributed by atoms with Crippen LogP contribution in [0.2, 0.25) is 0 Å². The summed E-state index contributed by atoms with van der Waals surface area (Å²) in [6, 6.07) is 7.61. The Morgan fingerprint density at radius 3 is 2.81 bits per heavy atom. The maximum atomic E-state index is 12.5. The minimum Gasteiger partial charge on any atom is -0.496 e. The number of nitrogen functional groups attached to an aromatic ring is 1. The van der Waals surface area contributed by atoms with Gasteiger partial charge in [-0.1, -0.05) is 30.0 Å². The predicted octanol–water partition coefficient (Wildman–Crippen LogP) is 3.70. The standard InChI is InChI=1S/C19H22N4O2S2/c1-10-11(2)26-18-15(10)16(20)22-19(23-18)27-12(3)17(24)21-9-13-7-5-6-8-14(13)25-4/h5-8,12H,9H2,1-4H3,(H,21,24)(H2,20,22,23). The summed E-state index contributed by atoms with van der Waals surface area (Å²) in [4.78, 5) is 23.5. The first-order chi connectivity index (χ1) is 12.9. The summed E-state index contributed by atoms with van der Waals surface area (Å²) in [5, 5.41) is 4.01. The number of methoxy groups -OCH3 is 1. The molecule has 0 aliphatic heterocycles. The highest BCUT2D eigenvalue weighted by Gasteiger charge is 2.19. The van der Waals surface area contributed by atoms with E-state index >= 15 is 0 Å². The fourth-order valence-corrected chi connectivity index (χ4v) is 4.60. The molecule has 0 bridgehead atoms. The lowest BCUT2D eigenvalue weighted by molar-refractivity contribution is -0.120. The van der Waals surface area contributed by atoms with Crippen molar-refractivity contribution in [2.75, 3.05) is 12.8 Å². The van der Waals surface area contributed by atoms with Crippen LogP contribution in [0.4, 0.5) is 5.82 Å². The van der Waals surface area contributed by atoms with Crippen molar-refractivity contribution >= 4 is 45.0 Å². The number of aryl methyl sites for hydroxylation is 2. The third kappa shape index (κ3) is 4.17. The van der Waals surface area contributed by atoms with Crippen LogP contribution >= 0.6 is 23.1 Å². The van der Waals surface area contributed by atoms with Crippen LogP contribution < -0.4 is 15.8 Å². The summed E-state index contributed by atoms with van der Waals surface area (Å²) in [6.07, 6.45) is 0. The van der Waals surface area contributed by atoms with Crippen molar-refractivity contribution in [1.29, 1.82) is 0 Å². The lowest BCUT2D eigenvalue weighted by Crippen LogP contribution is -2.30. The minimum absolute atomic E-state index is 0.0910. The summed E-state index contributed by atoms with van der Waals surface area (Å²) < 4.78 is 5.31. The third-order valence-corrected chi connectivity index (χ3v) is 6.40. The zero-order valence-corrected chi connectivity index (χ0v) is 17.3. The van der Waals surface area contributed by atoms with E-state index in [0.29, 0.717) is 17.5 Å². The van der Waals surface area contributed by atoms with E-state index in [2.05, 4.69) is 15.3 Å². The van der Waals surface area contributed by atoms with Crippen LogP contribution in [0.15, 0.2) is 29.4 Å². The topological polar surface area (TPSA) is 90.1 Å². The van der Waals surface area contributed by atoms with Crippen LogP contribution in [-0.4, -0.2) is 28.2 Å². The van der Waals surface area contributed by atoms with Crippen LogP contribution in [0.5, 0.6) is 5.75 Å². The quantitative estimate of drug-likeness (QED) is 0.483. The van der Waals surface area contributed by atoms with E-state index in [9.17, 15) is 4.79 Å². The van der Waals surface area contributed by atoms with Gasteiger partial charge in [0.1, 0.15) is 16.4 Å². The largest absolute Gasteiger partial charge is 0.496 e. The van der Waals surface area contributed by atoms with Gasteiger partial charge < -0.3 is 15.8 Å². The summed E-state index contributed by atoms with van der Waals surface area (Å²) in [6.45, 7) is 6.30. The van der Waals surface area contributed by atoms with Gasteiger partial charge in [0.05, 0.1) is 17.7 Å². The third-order valence-electron chi connectivity index (χ3n) is 4.33. The first-order valence-electron chi connectivity index (χ1n) is 8.50. The van der Waals surface area contributed by atoms with Crippen LogP contribution in [0.25, 0.3) is 10.2 Å². The SMILES string of the molecule is COc1ccccc1CNC(=O)C(C)Sc1nc(N)c2c(C)c(C)sc2n1. The molecule has 2 heterocycles. The van der Waals surface area contributed by atoms with Crippen molar-refractivity contribution in [3.63, 3.8) is 0 Å². The second-order valence-electron chi connectivity index (χ2n) is 6.14. The van der Waals surface area contributed by atoms with Crippen molar-refractivity contribution in [2.45, 2.75) is 37.7 Å². The van der Waals surface area contributed by atoms with E-state index in [1.54, 1.807) is 18.4 Å². The number of aromatic nitrogens is 2. The predicted molar refractivity (Wildman–Crippen MR) is 111 cm³/mol. The number of hydrogen-bond acceptors (Lipinski definition) is 7. The number of fused-ring (bicyclic) bond motifs is 1. The molecule has 1 amide bonds. The van der Waals surface area contributed by atoms with Crippen LogP contribution in [0, 0.1) is 13.8 Å². The second-order valence-corrected chi connectivity index (χ2v) is 8.66. The molecule has 6 nitrogen and oxygen atoms in total. The van der Waals surface area contributed by atoms with E-state index in [0.717, 1.165) is 27.1 Å². The highest BCUT2D eigenvalue weighted by molar-refractivity contribution is 8.00. The van der Waals surface area contributed by atoms with Gasteiger partial charge in [0, 0.05) is 17.0 Å². The van der Waals surface area contributed by atoms with Gasteiger partial charge in [0.2, 0.25) is 5.91 Å². The van der Waals surface area contributed by atoms with E-state index < -0.39 is 0 Å². The molecule has 3 aromatic rings. The van der Waals surface area contributed by atoms with E-state index in [1.807, 2.05) is 45.0 Å². The smallest absolute Gasteiger partial charge is 0.233 e. The van der Waals surface area contributed by atoms with Crippen LogP contribution in [0.3, 0.4) is 0 Å². The minimum atomic E-state index is -0.348. The molecule has 27 heavy (non-hydrogen) atoms. The molecule has 0 spiro atoms. The van der Waals surface area contributed by atoms with Gasteiger partial charge in [-0.05, 0) is 32.4 Å². The van der Waals surface area contributed by atoms with Gasteiger partial charge in [-0.3, -0.25) is 4.79 Å². The summed E-state index contributed by atoms with van der Waals surface area (Å²) in [5.41, 5.74) is 8.16. The fraction of sp³-hybridized carbons (Fsp3) is 0.316. The van der Waals surface area contributed by atoms with Crippen molar-refractivity contribution in [3.05, 3.63) is 40.3 Å². The van der Waals surface area contributed by atoms with E-state index in [4.69, 9.17) is 10.5 Å². The van der Waals surface area contributed by atoms with Gasteiger partial charge in [-0.15, -0.1) is 11.3 Å². The fourth-order valence-electron chi connectivity index (χ4n) is 2.70. The number of nitrogens with one attached hydrogen (secondary N) is 1. The Balaban J connectivity index is 1.68. The molecule has 0 saturated heterocycles. The monoisotopic (exact) mass is 402 g/mol. The summed E-state index contributed by atoms with van der Waals surface area (Å²) >= 11 is 2.90. The van der Waals surface area contributed by atoms with Crippen LogP contribution in [-0.2, 0) is 11.3 Å². The van der Waals surface area contributed by atoms with Crippen molar-refractivity contribution in [3.8, 4) is 5.75 Å². The van der Waals surface area contributed by atoms with Gasteiger partial charge >= 0.3 is 0 Å². The van der Waals surface area contributed by atoms with Gasteiger partial charge in [0.25, 0.3) is 0 Å². The molecule has 3 rings (SSSR count). The highest BCUT2D eigenvalue weighted by Crippen LogP contribution is 2.34. The molecule has 1 aromatic carbocycles. The first kappa shape index (κ1) is 19.4. The van der Waals surface area contributed by atoms with Gasteiger partial charge in [-0.2, -0.15) is 0 Å². The molecule has 8 heteroatoms. The number of nitrogens with zero attached hydrogens (tertiary/aromatic N) is 2. The second kappa shape index (κ2) is 8.14. The van der Waals surface area contributed by atoms with E-state index in [-0.39, 0.29) is 11.2 Å². The number of anilines is 1. The number of amides is 1. The maximum Gasteiger partial charge on any atom is 0.233 e. The molecular weight excluding hydrogens is 380 g/mol. The highest BCUT2D eigenvalue weighted by atomic mass is 32.2. The molecule has 1 unspecified atom stereocenters. The number of nitrogens with two attached hydrogens (primary N) is 1. The number of hydrogen-bond donors (Lipinski definition) is 2. The molecule has 142 valence electrons. The number of thiophene rings is 1. The van der Waals surface area contributed by atoms with Crippen molar-refractivity contribution < 1.29 is 9.53 Å². The summed E-state index contributed by atoms with van der Waals surface area (Å²) in [5.74, 6) is 1.13. The summed E-state index contributed by atoms with van der Waals surface area (Å²) in [7, 11) is 1.62. The zero-order chi connectivity index (χ0) is 19.6. The average Bonchev–Trinajstić information content (AvgIpc) is 2.94. The molecule has 2 aromatic heterocycles. The normalized spacial score (nSPS) is 12.1. The maximum absolute atomic E-state index is 12.5. The molecule has 0 fully saturated rings. The number of para-hydroxylation sites is 1. The Bertz CT molecular complexity index is 987. The van der Waals surface area contributed by atoms with E-state index in [1.165, 1.54) is 16.6 Å². The zero-order valence-electron chi connectivity index (χ0n) is 15.7. The van der Waals surface area contributed by atoms with Crippen molar-refractivity contribution in [2.24, 2.45) is 0 Å². The Labute approximate surface area is 166 Å². The van der Waals surface area contributed by atoms with Crippen LogP contribution in [0.1, 0.15) is 22.9 Å². The lowest BCUT2D eigenvalue weighted by Gasteiger charge is -2.13.